The first kappa shape index (κ1) is 20.3. The number of nitrogens with zero attached hydrogens (tertiary/aromatic N) is 1. The third kappa shape index (κ3) is 4.19. The van der Waals surface area contributed by atoms with Gasteiger partial charge in [-0.05, 0) is 23.1 Å². The molecule has 3 aromatic carbocycles. The standard InChI is InChI=1S/C25H22N2O4/c28-23-20(16-17-10-4-1-5-11-17)22(24(29)30)27(23)25(31)26-21(18-12-6-2-7-13-18)19-14-8-3-9-15-19/h1-15,20-22H,16H2,(H,26,31)(H,29,30)/t20-,22+/m1/s1. The van der Waals surface area contributed by atoms with Gasteiger partial charge in [0.1, 0.15) is 0 Å². The van der Waals surface area contributed by atoms with Crippen LogP contribution >= 0.6 is 0 Å². The van der Waals surface area contributed by atoms with Crippen LogP contribution in [-0.4, -0.2) is 34.0 Å². The zero-order valence-corrected chi connectivity index (χ0v) is 16.7. The van der Waals surface area contributed by atoms with Crippen LogP contribution in [0.15, 0.2) is 91.0 Å². The molecule has 6 heteroatoms. The summed E-state index contributed by atoms with van der Waals surface area (Å²) in [6, 6.07) is 25.5. The Morgan fingerprint density at radius 2 is 1.32 bits per heavy atom. The predicted octanol–water partition coefficient (Wildman–Crippen LogP) is 3.64. The van der Waals surface area contributed by atoms with E-state index in [1.807, 2.05) is 91.0 Å². The number of carboxylic acid groups (broad SMARTS) is 1. The lowest BCUT2D eigenvalue weighted by Gasteiger charge is -2.43. The summed E-state index contributed by atoms with van der Waals surface area (Å²) in [5.74, 6) is -2.43. The molecule has 31 heavy (non-hydrogen) atoms. The van der Waals surface area contributed by atoms with Crippen LogP contribution in [0.3, 0.4) is 0 Å². The van der Waals surface area contributed by atoms with E-state index >= 15 is 0 Å². The Bertz CT molecular complexity index is 1030. The summed E-state index contributed by atoms with van der Waals surface area (Å²) in [6.07, 6.45) is 0.279. The van der Waals surface area contributed by atoms with Crippen molar-refractivity contribution >= 4 is 17.9 Å². The van der Waals surface area contributed by atoms with Crippen LogP contribution in [0.5, 0.6) is 0 Å². The maximum atomic E-state index is 13.0. The molecule has 1 fully saturated rings. The van der Waals surface area contributed by atoms with Crippen LogP contribution in [0.1, 0.15) is 22.7 Å². The minimum absolute atomic E-state index is 0.279. The molecule has 0 radical (unpaired) electrons. The first-order valence-corrected chi connectivity index (χ1v) is 10.1. The van der Waals surface area contributed by atoms with Crippen molar-refractivity contribution in [2.75, 3.05) is 0 Å². The summed E-state index contributed by atoms with van der Waals surface area (Å²) < 4.78 is 0. The van der Waals surface area contributed by atoms with Crippen LogP contribution in [0.2, 0.25) is 0 Å². The van der Waals surface area contributed by atoms with E-state index in [2.05, 4.69) is 5.32 Å². The van der Waals surface area contributed by atoms with Crippen LogP contribution in [0.25, 0.3) is 0 Å². The number of aliphatic carboxylic acids is 1. The lowest BCUT2D eigenvalue weighted by atomic mass is 9.82. The van der Waals surface area contributed by atoms with Gasteiger partial charge in [0.2, 0.25) is 5.91 Å². The summed E-state index contributed by atoms with van der Waals surface area (Å²) in [5, 5.41) is 12.6. The topological polar surface area (TPSA) is 86.7 Å². The number of carboxylic acids is 1. The zero-order valence-electron chi connectivity index (χ0n) is 16.7. The van der Waals surface area contributed by atoms with Crippen molar-refractivity contribution in [3.63, 3.8) is 0 Å². The number of imide groups is 1. The molecule has 2 atom stereocenters. The van der Waals surface area contributed by atoms with Crippen molar-refractivity contribution in [3.05, 3.63) is 108 Å². The van der Waals surface area contributed by atoms with Crippen LogP contribution in [0, 0.1) is 5.92 Å². The first-order valence-electron chi connectivity index (χ1n) is 10.1. The normalized spacial score (nSPS) is 17.8. The van der Waals surface area contributed by atoms with Gasteiger partial charge in [0.15, 0.2) is 6.04 Å². The average molecular weight is 414 g/mol. The first-order chi connectivity index (χ1) is 15.1. The van der Waals surface area contributed by atoms with Crippen molar-refractivity contribution < 1.29 is 19.5 Å². The van der Waals surface area contributed by atoms with E-state index in [0.29, 0.717) is 0 Å². The second-order valence-electron chi connectivity index (χ2n) is 7.49. The van der Waals surface area contributed by atoms with Crippen LogP contribution in [-0.2, 0) is 16.0 Å². The number of urea groups is 1. The largest absolute Gasteiger partial charge is 0.480 e. The fourth-order valence-corrected chi connectivity index (χ4v) is 3.97. The predicted molar refractivity (Wildman–Crippen MR) is 115 cm³/mol. The lowest BCUT2D eigenvalue weighted by molar-refractivity contribution is -0.165. The van der Waals surface area contributed by atoms with Gasteiger partial charge in [-0.1, -0.05) is 91.0 Å². The maximum Gasteiger partial charge on any atom is 0.327 e. The third-order valence-corrected chi connectivity index (χ3v) is 5.52. The van der Waals surface area contributed by atoms with E-state index in [-0.39, 0.29) is 6.42 Å². The minimum Gasteiger partial charge on any atom is -0.480 e. The molecule has 156 valence electrons. The van der Waals surface area contributed by atoms with Gasteiger partial charge in [-0.25, -0.2) is 14.5 Å². The molecule has 4 rings (SSSR count). The van der Waals surface area contributed by atoms with Gasteiger partial charge in [0.05, 0.1) is 12.0 Å². The van der Waals surface area contributed by atoms with E-state index in [9.17, 15) is 19.5 Å². The van der Waals surface area contributed by atoms with E-state index in [0.717, 1.165) is 21.6 Å². The molecule has 3 aromatic rings. The fraction of sp³-hybridized carbons (Fsp3) is 0.160. The highest BCUT2D eigenvalue weighted by atomic mass is 16.4. The van der Waals surface area contributed by atoms with Gasteiger partial charge in [0, 0.05) is 0 Å². The van der Waals surface area contributed by atoms with Gasteiger partial charge >= 0.3 is 12.0 Å². The monoisotopic (exact) mass is 414 g/mol. The van der Waals surface area contributed by atoms with Gasteiger partial charge < -0.3 is 10.4 Å². The molecule has 0 saturated carbocycles. The molecule has 6 nitrogen and oxygen atoms in total. The van der Waals surface area contributed by atoms with Crippen molar-refractivity contribution in [1.29, 1.82) is 0 Å². The molecular weight excluding hydrogens is 392 g/mol. The highest BCUT2D eigenvalue weighted by Crippen LogP contribution is 2.31. The van der Waals surface area contributed by atoms with Gasteiger partial charge in [-0.3, -0.25) is 4.79 Å². The van der Waals surface area contributed by atoms with Crippen molar-refractivity contribution in [3.8, 4) is 0 Å². The fourth-order valence-electron chi connectivity index (χ4n) is 3.97. The zero-order chi connectivity index (χ0) is 21.8. The van der Waals surface area contributed by atoms with E-state index in [1.165, 1.54) is 0 Å². The third-order valence-electron chi connectivity index (χ3n) is 5.52. The number of likely N-dealkylation sites (tertiary alicyclic amines) is 1. The molecule has 1 aliphatic rings. The second-order valence-corrected chi connectivity index (χ2v) is 7.49. The smallest absolute Gasteiger partial charge is 0.327 e. The Hall–Kier alpha value is -3.93. The van der Waals surface area contributed by atoms with Gasteiger partial charge in [-0.2, -0.15) is 0 Å². The molecule has 3 amide bonds. The summed E-state index contributed by atoms with van der Waals surface area (Å²) >= 11 is 0. The summed E-state index contributed by atoms with van der Waals surface area (Å²) in [7, 11) is 0. The van der Waals surface area contributed by atoms with Crippen LogP contribution in [0.4, 0.5) is 4.79 Å². The van der Waals surface area contributed by atoms with Crippen molar-refractivity contribution in [1.82, 2.24) is 10.2 Å². The molecular formula is C25H22N2O4. The Labute approximate surface area is 180 Å². The number of amides is 3. The number of carbonyl (C=O) groups excluding carboxylic acids is 2. The molecule has 1 aliphatic heterocycles. The summed E-state index contributed by atoms with van der Waals surface area (Å²) in [4.78, 5) is 38.5. The molecule has 1 heterocycles. The number of hydrogen-bond donors (Lipinski definition) is 2. The summed E-state index contributed by atoms with van der Waals surface area (Å²) in [5.41, 5.74) is 2.53. The molecule has 0 aromatic heterocycles. The number of β-lactam (4-membered cyclic amide) rings is 1. The number of carbonyl (C=O) groups is 3. The number of rotatable bonds is 6. The Morgan fingerprint density at radius 3 is 1.81 bits per heavy atom. The average Bonchev–Trinajstić information content (AvgIpc) is 2.80. The van der Waals surface area contributed by atoms with Crippen LogP contribution < -0.4 is 5.32 Å². The molecule has 0 spiro atoms. The lowest BCUT2D eigenvalue weighted by Crippen LogP contribution is -2.68. The van der Waals surface area contributed by atoms with Crippen molar-refractivity contribution in [2.45, 2.75) is 18.5 Å². The Kier molecular flexibility index (Phi) is 5.80. The van der Waals surface area contributed by atoms with E-state index < -0.39 is 35.9 Å². The Morgan fingerprint density at radius 1 is 0.839 bits per heavy atom. The number of nitrogens with one attached hydrogen (secondary N) is 1. The van der Waals surface area contributed by atoms with Gasteiger partial charge in [-0.15, -0.1) is 0 Å². The van der Waals surface area contributed by atoms with E-state index in [4.69, 9.17) is 0 Å². The minimum atomic E-state index is -1.19. The maximum absolute atomic E-state index is 13.0. The SMILES string of the molecule is O=C(O)[C@@H]1[C@@H](Cc2ccccc2)C(=O)N1C(=O)NC(c1ccccc1)c1ccccc1. The quantitative estimate of drug-likeness (QED) is 0.603. The molecule has 0 unspecified atom stereocenters. The van der Waals surface area contributed by atoms with Gasteiger partial charge in [0.25, 0.3) is 0 Å². The molecule has 1 saturated heterocycles. The Balaban J connectivity index is 1.56. The molecule has 2 N–H and O–H groups in total. The van der Waals surface area contributed by atoms with E-state index in [1.54, 1.807) is 0 Å². The highest BCUT2D eigenvalue weighted by Gasteiger charge is 2.54. The van der Waals surface area contributed by atoms with Crippen molar-refractivity contribution in [2.24, 2.45) is 5.92 Å². The molecule has 0 bridgehead atoms. The number of benzene rings is 3. The second kappa shape index (κ2) is 8.83. The molecule has 0 aliphatic carbocycles. The number of hydrogen-bond acceptors (Lipinski definition) is 3. The highest BCUT2D eigenvalue weighted by molar-refractivity contribution is 6.07. The summed E-state index contributed by atoms with van der Waals surface area (Å²) in [6.45, 7) is 0.